The molecule has 3 heterocycles. The van der Waals surface area contributed by atoms with Gasteiger partial charge in [-0.3, -0.25) is 29.6 Å². The predicted octanol–water partition coefficient (Wildman–Crippen LogP) is 4.84. The number of nitro groups is 1. The number of non-ortho nitro benzene ring substituents is 1. The number of ketones is 1. The van der Waals surface area contributed by atoms with Crippen molar-refractivity contribution in [3.05, 3.63) is 98.9 Å². The summed E-state index contributed by atoms with van der Waals surface area (Å²) in [5.74, 6) is -1.99. The summed E-state index contributed by atoms with van der Waals surface area (Å²) in [6.45, 7) is 3.83. The second-order valence-electron chi connectivity index (χ2n) is 8.16. The lowest BCUT2D eigenvalue weighted by molar-refractivity contribution is -0.384. The molecule has 35 heavy (non-hydrogen) atoms. The zero-order valence-electron chi connectivity index (χ0n) is 18.6. The normalized spacial score (nSPS) is 17.3. The Hall–Kier alpha value is -4.44. The quantitative estimate of drug-likeness (QED) is 0.144. The Morgan fingerprint density at radius 3 is 2.60 bits per heavy atom. The van der Waals surface area contributed by atoms with E-state index in [0.717, 1.165) is 22.5 Å². The van der Waals surface area contributed by atoms with Crippen molar-refractivity contribution in [2.45, 2.75) is 19.9 Å². The average Bonchev–Trinajstić information content (AvgIpc) is 3.38. The Labute approximate surface area is 203 Å². The minimum Gasteiger partial charge on any atom is -0.507 e. The van der Waals surface area contributed by atoms with E-state index in [1.807, 2.05) is 19.9 Å². The number of nitro benzene ring substituents is 1. The van der Waals surface area contributed by atoms with Crippen molar-refractivity contribution in [1.82, 2.24) is 9.97 Å². The number of thiazole rings is 1. The van der Waals surface area contributed by atoms with Gasteiger partial charge in [-0.15, -0.1) is 0 Å². The minimum atomic E-state index is -0.971. The zero-order chi connectivity index (χ0) is 24.9. The molecule has 9 nitrogen and oxygen atoms in total. The highest BCUT2D eigenvalue weighted by Crippen LogP contribution is 2.44. The number of rotatable bonds is 4. The molecule has 0 bridgehead atoms. The number of aryl methyl sites for hydroxylation is 2. The molecule has 2 aromatic carbocycles. The van der Waals surface area contributed by atoms with E-state index in [-0.39, 0.29) is 22.2 Å². The lowest BCUT2D eigenvalue weighted by Gasteiger charge is -2.22. The van der Waals surface area contributed by atoms with Gasteiger partial charge in [0, 0.05) is 30.1 Å². The number of hydrogen-bond acceptors (Lipinski definition) is 8. The van der Waals surface area contributed by atoms with Crippen molar-refractivity contribution in [3.8, 4) is 0 Å². The fourth-order valence-electron chi connectivity index (χ4n) is 4.04. The molecule has 174 valence electrons. The number of fused-ring (bicyclic) bond motifs is 1. The van der Waals surface area contributed by atoms with Gasteiger partial charge in [-0.25, -0.2) is 4.98 Å². The van der Waals surface area contributed by atoms with Crippen LogP contribution in [0.2, 0.25) is 0 Å². The van der Waals surface area contributed by atoms with Gasteiger partial charge in [0.25, 0.3) is 11.5 Å². The van der Waals surface area contributed by atoms with Crippen LogP contribution in [0.3, 0.4) is 0 Å². The highest BCUT2D eigenvalue weighted by molar-refractivity contribution is 7.22. The molecule has 4 aromatic rings. The number of Topliss-reactive ketones (excluding diaryl/α,β-unsaturated/α-hetero) is 1. The molecule has 1 fully saturated rings. The summed E-state index contributed by atoms with van der Waals surface area (Å²) < 4.78 is 0.496. The highest BCUT2D eigenvalue weighted by Gasteiger charge is 2.48. The second-order valence-corrected chi connectivity index (χ2v) is 9.17. The third-order valence-corrected chi connectivity index (χ3v) is 7.02. The van der Waals surface area contributed by atoms with Gasteiger partial charge >= 0.3 is 5.91 Å². The molecule has 1 aliphatic rings. The van der Waals surface area contributed by atoms with E-state index in [4.69, 9.17) is 0 Å². The monoisotopic (exact) mass is 486 g/mol. The van der Waals surface area contributed by atoms with Crippen molar-refractivity contribution in [3.63, 3.8) is 0 Å². The summed E-state index contributed by atoms with van der Waals surface area (Å²) in [4.78, 5) is 47.0. The number of aliphatic hydroxyl groups excluding tert-OH is 1. The number of anilines is 1. The van der Waals surface area contributed by atoms with Crippen molar-refractivity contribution in [2.24, 2.45) is 0 Å². The molecule has 1 saturated heterocycles. The van der Waals surface area contributed by atoms with Crippen LogP contribution in [0.4, 0.5) is 10.8 Å². The Morgan fingerprint density at radius 1 is 1.11 bits per heavy atom. The molecule has 2 aromatic heterocycles. The van der Waals surface area contributed by atoms with E-state index in [0.29, 0.717) is 21.3 Å². The zero-order valence-corrected chi connectivity index (χ0v) is 19.4. The summed E-state index contributed by atoms with van der Waals surface area (Å²) in [5.41, 5.74) is 3.16. The van der Waals surface area contributed by atoms with Crippen molar-refractivity contribution < 1.29 is 19.6 Å². The number of aromatic nitrogens is 2. The third-order valence-electron chi connectivity index (χ3n) is 6.00. The molecule has 0 saturated carbocycles. The number of carbonyl (C=O) groups excluding carboxylic acids is 2. The standard InChI is InChI=1S/C25H18N4O5S/c1-13-5-6-15(10-14(13)2)22(30)20-21(16-4-3-9-26-12-16)28(24(32)23(20)31)25-27-18-8-7-17(29(33)34)11-19(18)35-25/h3-12,21,30H,1-2H3/b22-20+. The Bertz CT molecular complexity index is 1560. The van der Waals surface area contributed by atoms with E-state index in [1.165, 1.54) is 29.3 Å². The van der Waals surface area contributed by atoms with Crippen molar-refractivity contribution >= 4 is 49.8 Å². The van der Waals surface area contributed by atoms with E-state index in [9.17, 15) is 24.8 Å². The molecule has 1 atom stereocenters. The van der Waals surface area contributed by atoms with Crippen LogP contribution in [-0.4, -0.2) is 31.7 Å². The molecule has 10 heteroatoms. The lowest BCUT2D eigenvalue weighted by atomic mass is 9.95. The number of hydrogen-bond donors (Lipinski definition) is 1. The molecule has 0 radical (unpaired) electrons. The van der Waals surface area contributed by atoms with E-state index in [1.54, 1.807) is 30.5 Å². The average molecular weight is 487 g/mol. The molecule has 5 rings (SSSR count). The Balaban J connectivity index is 1.71. The van der Waals surface area contributed by atoms with Gasteiger partial charge in [-0.05, 0) is 48.7 Å². The third kappa shape index (κ3) is 3.73. The van der Waals surface area contributed by atoms with Gasteiger partial charge in [0.2, 0.25) is 0 Å². The summed E-state index contributed by atoms with van der Waals surface area (Å²) in [5, 5.41) is 22.6. The lowest BCUT2D eigenvalue weighted by Crippen LogP contribution is -2.29. The van der Waals surface area contributed by atoms with Crippen molar-refractivity contribution in [2.75, 3.05) is 4.90 Å². The Morgan fingerprint density at radius 2 is 1.91 bits per heavy atom. The first-order chi connectivity index (χ1) is 16.8. The smallest absolute Gasteiger partial charge is 0.301 e. The fraction of sp³-hybridized carbons (Fsp3) is 0.120. The minimum absolute atomic E-state index is 0.0727. The molecular formula is C25H18N4O5S. The van der Waals surface area contributed by atoms with Crippen LogP contribution < -0.4 is 4.90 Å². The number of pyridine rings is 1. The van der Waals surface area contributed by atoms with E-state index < -0.39 is 22.7 Å². The highest BCUT2D eigenvalue weighted by atomic mass is 32.1. The van der Waals surface area contributed by atoms with Crippen LogP contribution in [-0.2, 0) is 9.59 Å². The molecule has 1 unspecified atom stereocenters. The van der Waals surface area contributed by atoms with Gasteiger partial charge in [0.15, 0.2) is 5.13 Å². The van der Waals surface area contributed by atoms with Crippen LogP contribution in [0.25, 0.3) is 16.0 Å². The van der Waals surface area contributed by atoms with Crippen LogP contribution >= 0.6 is 11.3 Å². The van der Waals surface area contributed by atoms with Crippen LogP contribution in [0, 0.1) is 24.0 Å². The van der Waals surface area contributed by atoms with Crippen molar-refractivity contribution in [1.29, 1.82) is 0 Å². The number of nitrogens with zero attached hydrogens (tertiary/aromatic N) is 4. The fourth-order valence-corrected chi connectivity index (χ4v) is 5.07. The SMILES string of the molecule is Cc1ccc(/C(O)=C2\C(=O)C(=O)N(c3nc4ccc([N+](=O)[O-])cc4s3)C2c2cccnc2)cc1C. The first kappa shape index (κ1) is 22.4. The van der Waals surface area contributed by atoms with Crippen LogP contribution in [0.1, 0.15) is 28.3 Å². The summed E-state index contributed by atoms with van der Waals surface area (Å²) in [6, 6.07) is 11.9. The van der Waals surface area contributed by atoms with Crippen LogP contribution in [0.5, 0.6) is 0 Å². The maximum Gasteiger partial charge on any atom is 0.301 e. The number of benzene rings is 2. The van der Waals surface area contributed by atoms with E-state index in [2.05, 4.69) is 9.97 Å². The van der Waals surface area contributed by atoms with E-state index >= 15 is 0 Å². The van der Waals surface area contributed by atoms with Crippen LogP contribution in [0.15, 0.2) is 66.5 Å². The number of carbonyl (C=O) groups is 2. The molecule has 0 aliphatic carbocycles. The topological polar surface area (TPSA) is 127 Å². The summed E-state index contributed by atoms with van der Waals surface area (Å²) in [7, 11) is 0. The van der Waals surface area contributed by atoms with Gasteiger partial charge < -0.3 is 5.11 Å². The molecule has 1 N–H and O–H groups in total. The largest absolute Gasteiger partial charge is 0.507 e. The van der Waals surface area contributed by atoms with Gasteiger partial charge in [-0.2, -0.15) is 0 Å². The molecule has 0 spiro atoms. The van der Waals surface area contributed by atoms with Gasteiger partial charge in [0.1, 0.15) is 5.76 Å². The predicted molar refractivity (Wildman–Crippen MR) is 131 cm³/mol. The molecule has 1 aliphatic heterocycles. The molecular weight excluding hydrogens is 468 g/mol. The molecule has 1 amide bonds. The maximum absolute atomic E-state index is 13.3. The number of aliphatic hydroxyl groups is 1. The first-order valence-electron chi connectivity index (χ1n) is 10.6. The van der Waals surface area contributed by atoms with Gasteiger partial charge in [0.05, 0.1) is 26.8 Å². The second kappa shape index (κ2) is 8.41. The maximum atomic E-state index is 13.3. The van der Waals surface area contributed by atoms with Gasteiger partial charge in [-0.1, -0.05) is 29.5 Å². The summed E-state index contributed by atoms with van der Waals surface area (Å²) >= 11 is 1.06. The number of amides is 1. The Kier molecular flexibility index (Phi) is 5.37. The first-order valence-corrected chi connectivity index (χ1v) is 11.4. The summed E-state index contributed by atoms with van der Waals surface area (Å²) in [6.07, 6.45) is 3.09.